The van der Waals surface area contributed by atoms with Crippen molar-refractivity contribution >= 4 is 5.71 Å². The van der Waals surface area contributed by atoms with Crippen LogP contribution in [0.15, 0.2) is 17.4 Å². The monoisotopic (exact) mass is 179 g/mol. The highest BCUT2D eigenvalue weighted by Crippen LogP contribution is 2.30. The lowest BCUT2D eigenvalue weighted by atomic mass is 10.0. The molecule has 0 amide bonds. The van der Waals surface area contributed by atoms with Crippen molar-refractivity contribution in [2.24, 2.45) is 11.1 Å². The first-order chi connectivity index (χ1) is 6.24. The van der Waals surface area contributed by atoms with Gasteiger partial charge in [0.1, 0.15) is 5.71 Å². The van der Waals surface area contributed by atoms with Crippen molar-refractivity contribution < 1.29 is 5.21 Å². The molecule has 0 aliphatic carbocycles. The lowest BCUT2D eigenvalue weighted by Crippen LogP contribution is -2.11. The van der Waals surface area contributed by atoms with Gasteiger partial charge in [0, 0.05) is 12.6 Å². The molecule has 2 rings (SSSR count). The Morgan fingerprint density at radius 2 is 2.46 bits per heavy atom. The SMILES string of the molecule is CC(C)[C@@H]1C/C(=N\O)c2ccnn21. The molecule has 1 N–H and O–H groups in total. The first-order valence-electron chi connectivity index (χ1n) is 4.49. The van der Waals surface area contributed by atoms with E-state index in [0.29, 0.717) is 12.0 Å². The molecular formula is C9H13N3O. The molecule has 1 aromatic rings. The minimum atomic E-state index is 0.343. The molecule has 1 aliphatic heterocycles. The first-order valence-corrected chi connectivity index (χ1v) is 4.49. The van der Waals surface area contributed by atoms with E-state index in [0.717, 1.165) is 17.8 Å². The van der Waals surface area contributed by atoms with Crippen molar-refractivity contribution in [2.75, 3.05) is 0 Å². The zero-order valence-corrected chi connectivity index (χ0v) is 7.81. The molecule has 1 aliphatic rings. The molecular weight excluding hydrogens is 166 g/mol. The summed E-state index contributed by atoms with van der Waals surface area (Å²) in [6.07, 6.45) is 2.53. The summed E-state index contributed by atoms with van der Waals surface area (Å²) >= 11 is 0. The van der Waals surface area contributed by atoms with E-state index in [2.05, 4.69) is 24.1 Å². The zero-order valence-electron chi connectivity index (χ0n) is 7.81. The minimum absolute atomic E-state index is 0.343. The average molecular weight is 179 g/mol. The summed E-state index contributed by atoms with van der Waals surface area (Å²) < 4.78 is 1.94. The Balaban J connectivity index is 2.43. The van der Waals surface area contributed by atoms with Crippen molar-refractivity contribution in [2.45, 2.75) is 26.3 Å². The van der Waals surface area contributed by atoms with Crippen molar-refractivity contribution in [1.82, 2.24) is 9.78 Å². The molecule has 0 saturated heterocycles. The number of oxime groups is 1. The summed E-state index contributed by atoms with van der Waals surface area (Å²) in [5, 5.41) is 16.3. The van der Waals surface area contributed by atoms with E-state index >= 15 is 0 Å². The van der Waals surface area contributed by atoms with E-state index in [-0.39, 0.29) is 0 Å². The molecule has 70 valence electrons. The third-order valence-electron chi connectivity index (χ3n) is 2.57. The highest BCUT2D eigenvalue weighted by atomic mass is 16.4. The van der Waals surface area contributed by atoms with Gasteiger partial charge in [-0.05, 0) is 12.0 Å². The van der Waals surface area contributed by atoms with E-state index < -0.39 is 0 Å². The summed E-state index contributed by atoms with van der Waals surface area (Å²) in [6.45, 7) is 4.30. The van der Waals surface area contributed by atoms with Gasteiger partial charge in [0.15, 0.2) is 0 Å². The van der Waals surface area contributed by atoms with Gasteiger partial charge in [0.05, 0.1) is 11.7 Å². The van der Waals surface area contributed by atoms with Crippen molar-refractivity contribution in [3.63, 3.8) is 0 Å². The second kappa shape index (κ2) is 2.87. The van der Waals surface area contributed by atoms with Gasteiger partial charge in [-0.2, -0.15) is 5.10 Å². The zero-order chi connectivity index (χ0) is 9.42. The van der Waals surface area contributed by atoms with Crippen molar-refractivity contribution in [3.8, 4) is 0 Å². The Hall–Kier alpha value is -1.32. The molecule has 0 unspecified atom stereocenters. The Bertz CT molecular complexity index is 340. The van der Waals surface area contributed by atoms with Crippen LogP contribution in [-0.4, -0.2) is 20.7 Å². The van der Waals surface area contributed by atoms with Crippen LogP contribution in [0.3, 0.4) is 0 Å². The smallest absolute Gasteiger partial charge is 0.107 e. The molecule has 0 bridgehead atoms. The highest BCUT2D eigenvalue weighted by molar-refractivity contribution is 6.00. The van der Waals surface area contributed by atoms with Gasteiger partial charge >= 0.3 is 0 Å². The molecule has 0 aromatic carbocycles. The Morgan fingerprint density at radius 1 is 1.69 bits per heavy atom. The predicted molar refractivity (Wildman–Crippen MR) is 49.0 cm³/mol. The summed E-state index contributed by atoms with van der Waals surface area (Å²) in [5.74, 6) is 0.512. The number of fused-ring (bicyclic) bond motifs is 1. The van der Waals surface area contributed by atoms with Gasteiger partial charge in [-0.15, -0.1) is 0 Å². The molecule has 4 nitrogen and oxygen atoms in total. The lowest BCUT2D eigenvalue weighted by Gasteiger charge is -2.14. The lowest BCUT2D eigenvalue weighted by molar-refractivity contribution is 0.316. The second-order valence-electron chi connectivity index (χ2n) is 3.72. The van der Waals surface area contributed by atoms with E-state index in [9.17, 15) is 0 Å². The summed E-state index contributed by atoms with van der Waals surface area (Å²) in [5.41, 5.74) is 1.69. The Kier molecular flexibility index (Phi) is 1.83. The van der Waals surface area contributed by atoms with Crippen LogP contribution in [0.4, 0.5) is 0 Å². The Labute approximate surface area is 76.9 Å². The predicted octanol–water partition coefficient (Wildman–Crippen LogP) is 1.66. The molecule has 0 radical (unpaired) electrons. The average Bonchev–Trinajstić information content (AvgIpc) is 2.61. The third kappa shape index (κ3) is 1.13. The fourth-order valence-corrected chi connectivity index (χ4v) is 1.81. The van der Waals surface area contributed by atoms with Gasteiger partial charge < -0.3 is 5.21 Å². The topological polar surface area (TPSA) is 50.4 Å². The van der Waals surface area contributed by atoms with E-state index in [1.54, 1.807) is 6.20 Å². The van der Waals surface area contributed by atoms with Crippen LogP contribution >= 0.6 is 0 Å². The van der Waals surface area contributed by atoms with Crippen LogP contribution in [0.5, 0.6) is 0 Å². The second-order valence-corrected chi connectivity index (χ2v) is 3.72. The maximum absolute atomic E-state index is 8.78. The first kappa shape index (κ1) is 8.29. The maximum Gasteiger partial charge on any atom is 0.107 e. The standard InChI is InChI=1S/C9H13N3O/c1-6(2)9-5-7(11-13)8-3-4-10-12(8)9/h3-4,6,9,13H,5H2,1-2H3/b11-7+/t9-/m0/s1. The van der Waals surface area contributed by atoms with Crippen LogP contribution in [0, 0.1) is 5.92 Å². The summed E-state index contributed by atoms with van der Waals surface area (Å²) in [4.78, 5) is 0. The fourth-order valence-electron chi connectivity index (χ4n) is 1.81. The summed E-state index contributed by atoms with van der Waals surface area (Å²) in [6, 6.07) is 2.23. The normalized spacial score (nSPS) is 24.2. The molecule has 2 heterocycles. The van der Waals surface area contributed by atoms with Crippen LogP contribution in [-0.2, 0) is 0 Å². The quantitative estimate of drug-likeness (QED) is 0.526. The van der Waals surface area contributed by atoms with E-state index in [1.165, 1.54) is 0 Å². The van der Waals surface area contributed by atoms with E-state index in [1.807, 2.05) is 10.7 Å². The molecule has 13 heavy (non-hydrogen) atoms. The minimum Gasteiger partial charge on any atom is -0.411 e. The van der Waals surface area contributed by atoms with Crippen LogP contribution in [0.1, 0.15) is 32.0 Å². The van der Waals surface area contributed by atoms with Gasteiger partial charge in [-0.1, -0.05) is 19.0 Å². The number of hydrogen-bond donors (Lipinski definition) is 1. The molecule has 0 spiro atoms. The molecule has 1 atom stereocenters. The third-order valence-corrected chi connectivity index (χ3v) is 2.57. The van der Waals surface area contributed by atoms with Crippen LogP contribution < -0.4 is 0 Å². The van der Waals surface area contributed by atoms with Gasteiger partial charge in [0.25, 0.3) is 0 Å². The largest absolute Gasteiger partial charge is 0.411 e. The van der Waals surface area contributed by atoms with Gasteiger partial charge in [0.2, 0.25) is 0 Å². The molecule has 1 aromatic heterocycles. The summed E-state index contributed by atoms with van der Waals surface area (Å²) in [7, 11) is 0. The highest BCUT2D eigenvalue weighted by Gasteiger charge is 2.30. The van der Waals surface area contributed by atoms with E-state index in [4.69, 9.17) is 5.21 Å². The fraction of sp³-hybridized carbons (Fsp3) is 0.556. The number of hydrogen-bond acceptors (Lipinski definition) is 3. The van der Waals surface area contributed by atoms with Crippen molar-refractivity contribution in [3.05, 3.63) is 18.0 Å². The van der Waals surface area contributed by atoms with Crippen LogP contribution in [0.25, 0.3) is 0 Å². The molecule has 4 heteroatoms. The number of rotatable bonds is 1. The van der Waals surface area contributed by atoms with Crippen LogP contribution in [0.2, 0.25) is 0 Å². The number of aromatic nitrogens is 2. The van der Waals surface area contributed by atoms with Gasteiger partial charge in [-0.3, -0.25) is 4.68 Å². The maximum atomic E-state index is 8.78. The molecule has 0 fully saturated rings. The van der Waals surface area contributed by atoms with Crippen molar-refractivity contribution in [1.29, 1.82) is 0 Å². The Morgan fingerprint density at radius 3 is 3.08 bits per heavy atom. The van der Waals surface area contributed by atoms with Gasteiger partial charge in [-0.25, -0.2) is 0 Å². The molecule has 0 saturated carbocycles. The number of nitrogens with zero attached hydrogens (tertiary/aromatic N) is 3.